The standard InChI is InChI=1S/C13H14F2N2O2S/c14-13(15)19-12-4-2-11(3-5-12)10-20(18)9-8-17-7-1-6-16-17/h1-7,13H,8-10H2. The topological polar surface area (TPSA) is 44.1 Å². The van der Waals surface area contributed by atoms with Gasteiger partial charge in [-0.3, -0.25) is 8.89 Å². The monoisotopic (exact) mass is 300 g/mol. The second kappa shape index (κ2) is 7.14. The van der Waals surface area contributed by atoms with Crippen LogP contribution in [0.25, 0.3) is 0 Å². The first-order chi connectivity index (χ1) is 9.63. The average Bonchev–Trinajstić information content (AvgIpc) is 2.91. The molecular weight excluding hydrogens is 286 g/mol. The van der Waals surface area contributed by atoms with E-state index in [2.05, 4.69) is 9.84 Å². The molecule has 108 valence electrons. The molecule has 1 heterocycles. The lowest BCUT2D eigenvalue weighted by Crippen LogP contribution is -2.09. The van der Waals surface area contributed by atoms with Gasteiger partial charge in [0.2, 0.25) is 0 Å². The van der Waals surface area contributed by atoms with E-state index >= 15 is 0 Å². The number of aryl methyl sites for hydroxylation is 1. The molecule has 0 bridgehead atoms. The van der Waals surface area contributed by atoms with E-state index in [1.807, 2.05) is 12.3 Å². The summed E-state index contributed by atoms with van der Waals surface area (Å²) in [6, 6.07) is 8.00. The number of halogens is 2. The van der Waals surface area contributed by atoms with Gasteiger partial charge < -0.3 is 4.74 Å². The summed E-state index contributed by atoms with van der Waals surface area (Å²) >= 11 is 0. The Kier molecular flexibility index (Phi) is 5.23. The number of benzene rings is 1. The van der Waals surface area contributed by atoms with Gasteiger partial charge in [0.25, 0.3) is 0 Å². The second-order valence-corrected chi connectivity index (χ2v) is 5.66. The summed E-state index contributed by atoms with van der Waals surface area (Å²) in [5.74, 6) is 0.985. The van der Waals surface area contributed by atoms with Crippen molar-refractivity contribution >= 4 is 10.8 Å². The number of rotatable bonds is 7. The van der Waals surface area contributed by atoms with Gasteiger partial charge in [0.1, 0.15) is 5.75 Å². The minimum absolute atomic E-state index is 0.103. The van der Waals surface area contributed by atoms with Crippen molar-refractivity contribution in [2.24, 2.45) is 0 Å². The van der Waals surface area contributed by atoms with Crippen LogP contribution in [-0.4, -0.2) is 26.4 Å². The number of hydrogen-bond donors (Lipinski definition) is 0. The summed E-state index contributed by atoms with van der Waals surface area (Å²) < 4.78 is 41.8. The van der Waals surface area contributed by atoms with E-state index in [-0.39, 0.29) is 5.75 Å². The highest BCUT2D eigenvalue weighted by Crippen LogP contribution is 2.15. The van der Waals surface area contributed by atoms with Crippen LogP contribution >= 0.6 is 0 Å². The van der Waals surface area contributed by atoms with Gasteiger partial charge >= 0.3 is 6.61 Å². The quantitative estimate of drug-likeness (QED) is 0.789. The van der Waals surface area contributed by atoms with Crippen LogP contribution in [-0.2, 0) is 23.1 Å². The van der Waals surface area contributed by atoms with Gasteiger partial charge in [-0.2, -0.15) is 13.9 Å². The van der Waals surface area contributed by atoms with E-state index in [9.17, 15) is 13.0 Å². The highest BCUT2D eigenvalue weighted by molar-refractivity contribution is 7.84. The molecule has 0 radical (unpaired) electrons. The van der Waals surface area contributed by atoms with Crippen molar-refractivity contribution in [3.8, 4) is 5.75 Å². The summed E-state index contributed by atoms with van der Waals surface area (Å²) in [5, 5.41) is 4.03. The number of ether oxygens (including phenoxy) is 1. The van der Waals surface area contributed by atoms with Crippen LogP contribution in [0.2, 0.25) is 0 Å². The lowest BCUT2D eigenvalue weighted by atomic mass is 10.2. The van der Waals surface area contributed by atoms with Crippen molar-refractivity contribution in [2.45, 2.75) is 18.9 Å². The smallest absolute Gasteiger partial charge is 0.387 e. The zero-order valence-corrected chi connectivity index (χ0v) is 11.4. The first kappa shape index (κ1) is 14.6. The fourth-order valence-corrected chi connectivity index (χ4v) is 2.75. The van der Waals surface area contributed by atoms with Crippen LogP contribution < -0.4 is 4.74 Å². The third-order valence-corrected chi connectivity index (χ3v) is 3.88. The maximum absolute atomic E-state index is 12.0. The van der Waals surface area contributed by atoms with Gasteiger partial charge in [-0.1, -0.05) is 12.1 Å². The predicted molar refractivity (Wildman–Crippen MR) is 72.0 cm³/mol. The SMILES string of the molecule is O=S(CCn1cccn1)Cc1ccc(OC(F)F)cc1. The zero-order valence-electron chi connectivity index (χ0n) is 10.6. The molecule has 4 nitrogen and oxygen atoms in total. The van der Waals surface area contributed by atoms with Crippen LogP contribution in [0.3, 0.4) is 0 Å². The van der Waals surface area contributed by atoms with E-state index in [1.54, 1.807) is 23.0 Å². The molecule has 0 saturated carbocycles. The van der Waals surface area contributed by atoms with Crippen molar-refractivity contribution in [2.75, 3.05) is 5.75 Å². The van der Waals surface area contributed by atoms with Gasteiger partial charge in [0, 0.05) is 34.7 Å². The summed E-state index contributed by atoms with van der Waals surface area (Å²) in [6.45, 7) is -2.24. The Labute approximate surface area is 117 Å². The molecule has 0 saturated heterocycles. The third kappa shape index (κ3) is 4.73. The third-order valence-electron chi connectivity index (χ3n) is 2.58. The Morgan fingerprint density at radius 1 is 1.30 bits per heavy atom. The molecule has 2 rings (SSSR count). The Balaban J connectivity index is 1.81. The normalized spacial score (nSPS) is 12.6. The lowest BCUT2D eigenvalue weighted by Gasteiger charge is -2.06. The maximum atomic E-state index is 12.0. The summed E-state index contributed by atoms with van der Waals surface area (Å²) in [6.07, 6.45) is 3.48. The largest absolute Gasteiger partial charge is 0.435 e. The molecule has 0 aliphatic carbocycles. The Morgan fingerprint density at radius 2 is 2.05 bits per heavy atom. The van der Waals surface area contributed by atoms with E-state index in [1.165, 1.54) is 12.1 Å². The predicted octanol–water partition coefficient (Wildman–Crippen LogP) is 2.43. The Bertz CT molecular complexity index is 544. The fourth-order valence-electron chi connectivity index (χ4n) is 1.65. The van der Waals surface area contributed by atoms with Crippen LogP contribution in [0.5, 0.6) is 5.75 Å². The molecule has 7 heteroatoms. The maximum Gasteiger partial charge on any atom is 0.387 e. The molecule has 0 aliphatic heterocycles. The zero-order chi connectivity index (χ0) is 14.4. The van der Waals surface area contributed by atoms with E-state index in [4.69, 9.17) is 0 Å². The Morgan fingerprint density at radius 3 is 2.65 bits per heavy atom. The van der Waals surface area contributed by atoms with Gasteiger partial charge in [0.05, 0.1) is 6.54 Å². The molecule has 0 amide bonds. The molecule has 0 N–H and O–H groups in total. The molecule has 2 aromatic rings. The average molecular weight is 300 g/mol. The van der Waals surface area contributed by atoms with Crippen LogP contribution in [0.1, 0.15) is 5.56 Å². The van der Waals surface area contributed by atoms with Crippen molar-refractivity contribution in [1.82, 2.24) is 9.78 Å². The lowest BCUT2D eigenvalue weighted by molar-refractivity contribution is -0.0498. The minimum Gasteiger partial charge on any atom is -0.435 e. The van der Waals surface area contributed by atoms with Gasteiger partial charge in [-0.25, -0.2) is 0 Å². The summed E-state index contributed by atoms with van der Waals surface area (Å²) in [7, 11) is -1.02. The molecule has 1 aromatic carbocycles. The minimum atomic E-state index is -2.83. The first-order valence-corrected chi connectivity index (χ1v) is 7.48. The second-order valence-electron chi connectivity index (χ2n) is 4.08. The van der Waals surface area contributed by atoms with Gasteiger partial charge in [-0.15, -0.1) is 0 Å². The van der Waals surface area contributed by atoms with E-state index in [0.717, 1.165) is 5.56 Å². The van der Waals surface area contributed by atoms with E-state index < -0.39 is 17.4 Å². The molecule has 0 fully saturated rings. The van der Waals surface area contributed by atoms with Crippen LogP contribution in [0.4, 0.5) is 8.78 Å². The molecule has 20 heavy (non-hydrogen) atoms. The van der Waals surface area contributed by atoms with Gasteiger partial charge in [-0.05, 0) is 23.8 Å². The molecule has 1 aromatic heterocycles. The molecule has 1 unspecified atom stereocenters. The highest BCUT2D eigenvalue weighted by atomic mass is 32.2. The highest BCUT2D eigenvalue weighted by Gasteiger charge is 2.06. The number of aromatic nitrogens is 2. The Hall–Kier alpha value is -1.76. The van der Waals surface area contributed by atoms with Crippen LogP contribution in [0.15, 0.2) is 42.7 Å². The molecular formula is C13H14F2N2O2S. The summed E-state index contributed by atoms with van der Waals surface area (Å²) in [4.78, 5) is 0. The van der Waals surface area contributed by atoms with Crippen molar-refractivity contribution in [3.63, 3.8) is 0 Å². The molecule has 1 atom stereocenters. The summed E-state index contributed by atoms with van der Waals surface area (Å²) in [5.41, 5.74) is 0.824. The fraction of sp³-hybridized carbons (Fsp3) is 0.308. The first-order valence-electron chi connectivity index (χ1n) is 5.99. The van der Waals surface area contributed by atoms with E-state index in [0.29, 0.717) is 18.1 Å². The number of hydrogen-bond acceptors (Lipinski definition) is 3. The molecule has 0 aliphatic rings. The van der Waals surface area contributed by atoms with Crippen molar-refractivity contribution < 1.29 is 17.7 Å². The van der Waals surface area contributed by atoms with Crippen molar-refractivity contribution in [3.05, 3.63) is 48.3 Å². The van der Waals surface area contributed by atoms with Crippen molar-refractivity contribution in [1.29, 1.82) is 0 Å². The number of alkyl halides is 2. The van der Waals surface area contributed by atoms with Gasteiger partial charge in [0.15, 0.2) is 0 Å². The molecule has 0 spiro atoms. The number of nitrogens with zero attached hydrogens (tertiary/aromatic N) is 2. The van der Waals surface area contributed by atoms with Crippen LogP contribution in [0, 0.1) is 0 Å².